The average molecular weight is 366 g/mol. The predicted molar refractivity (Wildman–Crippen MR) is 92.6 cm³/mol. The molecule has 1 aromatic rings. The summed E-state index contributed by atoms with van der Waals surface area (Å²) in [4.78, 5) is 23.5. The Hall–Kier alpha value is -2.72. The molecular weight excluding hydrogens is 346 g/mol. The molecule has 0 aliphatic heterocycles. The van der Waals surface area contributed by atoms with Crippen LogP contribution in [-0.2, 0) is 14.3 Å². The van der Waals surface area contributed by atoms with E-state index in [-0.39, 0.29) is 12.2 Å². The summed E-state index contributed by atoms with van der Waals surface area (Å²) in [6.07, 6.45) is 0.245. The summed E-state index contributed by atoms with van der Waals surface area (Å²) in [5.41, 5.74) is 6.09. The minimum atomic E-state index is -0.812. The van der Waals surface area contributed by atoms with Crippen LogP contribution in [0.2, 0.25) is 5.02 Å². The van der Waals surface area contributed by atoms with Crippen molar-refractivity contribution in [1.29, 1.82) is 5.26 Å². The van der Waals surface area contributed by atoms with Crippen LogP contribution in [0, 0.1) is 25.2 Å². The molecule has 134 valence electrons. The van der Waals surface area contributed by atoms with E-state index in [0.717, 1.165) is 17.3 Å². The zero-order valence-electron chi connectivity index (χ0n) is 14.5. The third-order valence-electron chi connectivity index (χ3n) is 3.12. The fraction of sp³-hybridized carbons (Fsp3) is 0.353. The standard InChI is InChI=1S/C17H20ClN3O4/c1-5-24-17(23)13(8-19)9-20-21-16(22)12(4)25-15-10(2)6-14(18)7-11(15)3/h6-7,9,12,20H,5H2,1-4H3,(H,21,22)/b13-9+/t12-/m1/s1. The number of nitrogens with one attached hydrogen (secondary N) is 2. The number of hydrazine groups is 1. The summed E-state index contributed by atoms with van der Waals surface area (Å²) < 4.78 is 10.4. The van der Waals surface area contributed by atoms with Crippen LogP contribution >= 0.6 is 11.6 Å². The smallest absolute Gasteiger partial charge is 0.350 e. The van der Waals surface area contributed by atoms with Crippen molar-refractivity contribution >= 4 is 23.5 Å². The fourth-order valence-electron chi connectivity index (χ4n) is 1.94. The maximum absolute atomic E-state index is 12.0. The second kappa shape index (κ2) is 9.55. The maximum Gasteiger partial charge on any atom is 0.350 e. The highest BCUT2D eigenvalue weighted by molar-refractivity contribution is 6.30. The van der Waals surface area contributed by atoms with Crippen molar-refractivity contribution in [2.24, 2.45) is 0 Å². The molecule has 0 saturated heterocycles. The van der Waals surface area contributed by atoms with E-state index in [9.17, 15) is 9.59 Å². The van der Waals surface area contributed by atoms with Gasteiger partial charge in [0.1, 0.15) is 11.8 Å². The van der Waals surface area contributed by atoms with E-state index in [1.165, 1.54) is 0 Å². The first kappa shape index (κ1) is 20.3. The Morgan fingerprint density at radius 2 is 1.96 bits per heavy atom. The number of nitrogens with zero attached hydrogens (tertiary/aromatic N) is 1. The number of aryl methyl sites for hydroxylation is 2. The molecule has 0 bridgehead atoms. The Kier molecular flexibility index (Phi) is 7.76. The molecule has 25 heavy (non-hydrogen) atoms. The van der Waals surface area contributed by atoms with Gasteiger partial charge in [0, 0.05) is 11.2 Å². The summed E-state index contributed by atoms with van der Waals surface area (Å²) in [6.45, 7) is 7.01. The van der Waals surface area contributed by atoms with Gasteiger partial charge in [-0.2, -0.15) is 5.26 Å². The molecule has 0 radical (unpaired) electrons. The number of esters is 1. The van der Waals surface area contributed by atoms with Gasteiger partial charge < -0.3 is 14.9 Å². The molecule has 7 nitrogen and oxygen atoms in total. The number of nitriles is 1. The van der Waals surface area contributed by atoms with E-state index in [4.69, 9.17) is 26.3 Å². The van der Waals surface area contributed by atoms with Gasteiger partial charge in [-0.3, -0.25) is 10.2 Å². The van der Waals surface area contributed by atoms with Gasteiger partial charge in [-0.1, -0.05) is 11.6 Å². The van der Waals surface area contributed by atoms with Gasteiger partial charge in [0.25, 0.3) is 5.91 Å². The summed E-state index contributed by atoms with van der Waals surface area (Å²) >= 11 is 5.97. The first-order valence-corrected chi connectivity index (χ1v) is 7.94. The molecule has 0 aliphatic rings. The molecule has 1 aromatic carbocycles. The van der Waals surface area contributed by atoms with Gasteiger partial charge in [0.2, 0.25) is 0 Å². The van der Waals surface area contributed by atoms with Crippen LogP contribution in [0.1, 0.15) is 25.0 Å². The number of ether oxygens (including phenoxy) is 2. The fourth-order valence-corrected chi connectivity index (χ4v) is 2.27. The first-order chi connectivity index (χ1) is 11.8. The molecule has 0 heterocycles. The van der Waals surface area contributed by atoms with E-state index in [2.05, 4.69) is 10.9 Å². The number of hydrogen-bond acceptors (Lipinski definition) is 6. The van der Waals surface area contributed by atoms with Crippen LogP contribution in [0.3, 0.4) is 0 Å². The van der Waals surface area contributed by atoms with Crippen LogP contribution < -0.4 is 15.6 Å². The van der Waals surface area contributed by atoms with Crippen molar-refractivity contribution in [2.45, 2.75) is 33.8 Å². The lowest BCUT2D eigenvalue weighted by molar-refractivity contribution is -0.138. The van der Waals surface area contributed by atoms with Gasteiger partial charge >= 0.3 is 5.97 Å². The molecule has 0 saturated carbocycles. The minimum absolute atomic E-state index is 0.148. The zero-order valence-corrected chi connectivity index (χ0v) is 15.2. The van der Waals surface area contributed by atoms with E-state index < -0.39 is 18.0 Å². The van der Waals surface area contributed by atoms with E-state index >= 15 is 0 Å². The van der Waals surface area contributed by atoms with Crippen molar-refractivity contribution < 1.29 is 19.1 Å². The lowest BCUT2D eigenvalue weighted by Crippen LogP contribution is -2.42. The van der Waals surface area contributed by atoms with E-state index in [0.29, 0.717) is 10.8 Å². The molecule has 1 amide bonds. The molecule has 8 heteroatoms. The number of carbonyl (C=O) groups excluding carboxylic acids is 2. The lowest BCUT2D eigenvalue weighted by Gasteiger charge is -2.18. The van der Waals surface area contributed by atoms with Crippen molar-refractivity contribution in [3.05, 3.63) is 40.1 Å². The topological polar surface area (TPSA) is 100 Å². The van der Waals surface area contributed by atoms with Crippen LogP contribution in [0.4, 0.5) is 0 Å². The molecule has 1 atom stereocenters. The number of halogens is 1. The zero-order chi connectivity index (χ0) is 19.0. The number of carbonyl (C=O) groups is 2. The van der Waals surface area contributed by atoms with Gasteiger partial charge in [-0.05, 0) is 51.0 Å². The molecular formula is C17H20ClN3O4. The molecule has 1 rings (SSSR count). The lowest BCUT2D eigenvalue weighted by atomic mass is 10.1. The van der Waals surface area contributed by atoms with Crippen LogP contribution in [0.25, 0.3) is 0 Å². The highest BCUT2D eigenvalue weighted by Gasteiger charge is 2.17. The maximum atomic E-state index is 12.0. The Bertz CT molecular complexity index is 702. The monoisotopic (exact) mass is 365 g/mol. The summed E-state index contributed by atoms with van der Waals surface area (Å²) in [6, 6.07) is 5.17. The SMILES string of the molecule is CCOC(=O)/C(C#N)=C/NNC(=O)[C@@H](C)Oc1c(C)cc(Cl)cc1C. The molecule has 0 unspecified atom stereocenters. The van der Waals surface area contributed by atoms with Gasteiger partial charge in [0.15, 0.2) is 11.7 Å². The number of hydrogen-bond donors (Lipinski definition) is 2. The third kappa shape index (κ3) is 6.01. The Labute approximate surface area is 151 Å². The first-order valence-electron chi connectivity index (χ1n) is 7.56. The van der Waals surface area contributed by atoms with E-state index in [1.54, 1.807) is 32.0 Å². The highest BCUT2D eigenvalue weighted by atomic mass is 35.5. The quantitative estimate of drug-likeness (QED) is 0.333. The minimum Gasteiger partial charge on any atom is -0.480 e. The summed E-state index contributed by atoms with van der Waals surface area (Å²) in [5, 5.41) is 9.46. The van der Waals surface area contributed by atoms with Gasteiger partial charge in [-0.15, -0.1) is 0 Å². The van der Waals surface area contributed by atoms with Crippen LogP contribution in [0.15, 0.2) is 23.9 Å². The van der Waals surface area contributed by atoms with Crippen molar-refractivity contribution in [3.63, 3.8) is 0 Å². The molecule has 0 spiro atoms. The molecule has 0 aliphatic carbocycles. The summed E-state index contributed by atoms with van der Waals surface area (Å²) in [7, 11) is 0. The molecule has 0 fully saturated rings. The van der Waals surface area contributed by atoms with Gasteiger partial charge in [-0.25, -0.2) is 4.79 Å². The Balaban J connectivity index is 2.67. The second-order valence-corrected chi connectivity index (χ2v) is 5.59. The van der Waals surface area contributed by atoms with E-state index in [1.807, 2.05) is 13.8 Å². The number of amides is 1. The van der Waals surface area contributed by atoms with Crippen molar-refractivity contribution in [1.82, 2.24) is 10.9 Å². The van der Waals surface area contributed by atoms with Gasteiger partial charge in [0.05, 0.1) is 6.61 Å². The number of benzene rings is 1. The predicted octanol–water partition coefficient (Wildman–Crippen LogP) is 2.32. The number of rotatable bonds is 7. The Morgan fingerprint density at radius 3 is 2.48 bits per heavy atom. The molecule has 0 aromatic heterocycles. The largest absolute Gasteiger partial charge is 0.480 e. The Morgan fingerprint density at radius 1 is 1.36 bits per heavy atom. The van der Waals surface area contributed by atoms with Crippen molar-refractivity contribution in [2.75, 3.05) is 6.61 Å². The second-order valence-electron chi connectivity index (χ2n) is 5.15. The molecule has 2 N–H and O–H groups in total. The van der Waals surface area contributed by atoms with Crippen LogP contribution in [-0.4, -0.2) is 24.6 Å². The van der Waals surface area contributed by atoms with Crippen LogP contribution in [0.5, 0.6) is 5.75 Å². The highest BCUT2D eigenvalue weighted by Crippen LogP contribution is 2.27. The summed E-state index contributed by atoms with van der Waals surface area (Å²) in [5.74, 6) is -0.679. The average Bonchev–Trinajstić information content (AvgIpc) is 2.54. The third-order valence-corrected chi connectivity index (χ3v) is 3.33. The van der Waals surface area contributed by atoms with Crippen molar-refractivity contribution in [3.8, 4) is 11.8 Å². The normalized spacial score (nSPS) is 11.9.